The van der Waals surface area contributed by atoms with E-state index in [9.17, 15) is 8.42 Å². The van der Waals surface area contributed by atoms with Gasteiger partial charge in [-0.2, -0.15) is 0 Å². The maximum atomic E-state index is 13.2. The first-order valence-electron chi connectivity index (χ1n) is 7.88. The highest BCUT2D eigenvalue weighted by atomic mass is 32.2. The molecule has 0 fully saturated rings. The van der Waals surface area contributed by atoms with E-state index in [1.165, 1.54) is 10.2 Å². The summed E-state index contributed by atoms with van der Waals surface area (Å²) in [7, 11) is -1.92. The van der Waals surface area contributed by atoms with E-state index >= 15 is 0 Å². The molecule has 0 unspecified atom stereocenters. The zero-order valence-corrected chi connectivity index (χ0v) is 14.5. The fraction of sp³-hybridized carbons (Fsp3) is 0.167. The molecule has 0 saturated heterocycles. The molecule has 1 aromatic carbocycles. The molecule has 1 N–H and O–H groups in total. The Kier molecular flexibility index (Phi) is 3.82. The van der Waals surface area contributed by atoms with Gasteiger partial charge in [0.15, 0.2) is 0 Å². The molecule has 6 nitrogen and oxygen atoms in total. The zero-order valence-electron chi connectivity index (χ0n) is 13.6. The number of rotatable bonds is 4. The Bertz CT molecular complexity index is 1030. The molecule has 0 bridgehead atoms. The molecular formula is C18H17N3O3S. The van der Waals surface area contributed by atoms with Gasteiger partial charge in [-0.25, -0.2) is 12.4 Å². The number of benzene rings is 1. The maximum Gasteiger partial charge on any atom is 0.269 e. The van der Waals surface area contributed by atoms with E-state index in [2.05, 4.69) is 10.3 Å². The lowest BCUT2D eigenvalue weighted by atomic mass is 10.0. The second kappa shape index (κ2) is 6.02. The highest BCUT2D eigenvalue weighted by Crippen LogP contribution is 2.41. The molecule has 0 atom stereocenters. The monoisotopic (exact) mass is 355 g/mol. The van der Waals surface area contributed by atoms with Gasteiger partial charge in [0, 0.05) is 36.3 Å². The van der Waals surface area contributed by atoms with Crippen molar-refractivity contribution in [3.8, 4) is 17.0 Å². The van der Waals surface area contributed by atoms with E-state index in [4.69, 9.17) is 4.74 Å². The second-order valence-electron chi connectivity index (χ2n) is 5.79. The molecule has 2 aromatic heterocycles. The molecule has 3 heterocycles. The first-order valence-corrected chi connectivity index (χ1v) is 9.32. The van der Waals surface area contributed by atoms with Crippen LogP contribution in [0.25, 0.3) is 11.3 Å². The van der Waals surface area contributed by atoms with E-state index in [1.54, 1.807) is 24.5 Å². The summed E-state index contributed by atoms with van der Waals surface area (Å²) in [5, 5.41) is 3.09. The van der Waals surface area contributed by atoms with Gasteiger partial charge in [-0.05, 0) is 36.9 Å². The normalized spacial score (nSPS) is 13.0. The number of fused-ring (bicyclic) bond motifs is 3. The Labute approximate surface area is 146 Å². The van der Waals surface area contributed by atoms with Gasteiger partial charge >= 0.3 is 0 Å². The van der Waals surface area contributed by atoms with Gasteiger partial charge in [-0.3, -0.25) is 4.98 Å². The minimum atomic E-state index is -3.75. The molecule has 128 valence electrons. The van der Waals surface area contributed by atoms with E-state index in [0.29, 0.717) is 24.6 Å². The largest absolute Gasteiger partial charge is 0.488 e. The third-order valence-electron chi connectivity index (χ3n) is 4.24. The van der Waals surface area contributed by atoms with Gasteiger partial charge in [0.25, 0.3) is 10.0 Å². The SMILES string of the molecule is CNCc1cn(S(=O)(=O)c2cccnc2)c2c1COc1ccccc1-2. The summed E-state index contributed by atoms with van der Waals surface area (Å²) in [6.45, 7) is 0.905. The topological polar surface area (TPSA) is 73.2 Å². The highest BCUT2D eigenvalue weighted by Gasteiger charge is 2.30. The van der Waals surface area contributed by atoms with Gasteiger partial charge in [-0.1, -0.05) is 12.1 Å². The Balaban J connectivity index is 1.99. The Morgan fingerprint density at radius 1 is 1.24 bits per heavy atom. The van der Waals surface area contributed by atoms with Crippen LogP contribution in [-0.4, -0.2) is 24.4 Å². The van der Waals surface area contributed by atoms with Crippen molar-refractivity contribution in [1.29, 1.82) is 0 Å². The van der Waals surface area contributed by atoms with Crippen LogP contribution in [0.4, 0.5) is 0 Å². The first kappa shape index (κ1) is 15.9. The molecule has 1 aliphatic heterocycles. The fourth-order valence-corrected chi connectivity index (χ4v) is 4.48. The summed E-state index contributed by atoms with van der Waals surface area (Å²) >= 11 is 0. The Morgan fingerprint density at radius 2 is 2.08 bits per heavy atom. The lowest BCUT2D eigenvalue weighted by Gasteiger charge is -2.20. The number of ether oxygens (including phenoxy) is 1. The Morgan fingerprint density at radius 3 is 2.84 bits per heavy atom. The summed E-state index contributed by atoms with van der Waals surface area (Å²) in [6.07, 6.45) is 4.60. The smallest absolute Gasteiger partial charge is 0.269 e. The van der Waals surface area contributed by atoms with E-state index in [-0.39, 0.29) is 4.90 Å². The van der Waals surface area contributed by atoms with Gasteiger partial charge in [0.1, 0.15) is 17.3 Å². The number of pyridine rings is 1. The van der Waals surface area contributed by atoms with Crippen molar-refractivity contribution in [3.05, 3.63) is 66.1 Å². The predicted molar refractivity (Wildman–Crippen MR) is 93.8 cm³/mol. The van der Waals surface area contributed by atoms with Gasteiger partial charge in [0.05, 0.1) is 5.69 Å². The summed E-state index contributed by atoms with van der Waals surface area (Å²) in [5.74, 6) is 0.687. The average Bonchev–Trinajstić information content (AvgIpc) is 3.03. The predicted octanol–water partition coefficient (Wildman–Crippen LogP) is 2.40. The molecule has 3 aromatic rings. The van der Waals surface area contributed by atoms with Gasteiger partial charge < -0.3 is 10.1 Å². The fourth-order valence-electron chi connectivity index (χ4n) is 3.10. The van der Waals surface area contributed by atoms with Crippen LogP contribution >= 0.6 is 0 Å². The van der Waals surface area contributed by atoms with Crippen molar-refractivity contribution in [2.24, 2.45) is 0 Å². The van der Waals surface area contributed by atoms with Crippen LogP contribution in [-0.2, 0) is 23.2 Å². The van der Waals surface area contributed by atoms with Crippen LogP contribution in [0, 0.1) is 0 Å². The first-order chi connectivity index (χ1) is 12.1. The molecule has 0 radical (unpaired) electrons. The second-order valence-corrected chi connectivity index (χ2v) is 7.60. The molecule has 0 spiro atoms. The molecule has 1 aliphatic rings. The van der Waals surface area contributed by atoms with Crippen LogP contribution in [0.15, 0.2) is 59.9 Å². The number of nitrogens with zero attached hydrogens (tertiary/aromatic N) is 2. The lowest BCUT2D eigenvalue weighted by Crippen LogP contribution is -2.16. The van der Waals surface area contributed by atoms with Crippen molar-refractivity contribution >= 4 is 10.0 Å². The third-order valence-corrected chi connectivity index (χ3v) is 5.88. The van der Waals surface area contributed by atoms with Crippen molar-refractivity contribution in [1.82, 2.24) is 14.3 Å². The highest BCUT2D eigenvalue weighted by molar-refractivity contribution is 7.90. The summed E-state index contributed by atoms with van der Waals surface area (Å²) in [6, 6.07) is 10.7. The van der Waals surface area contributed by atoms with Crippen LogP contribution in [0.1, 0.15) is 11.1 Å². The van der Waals surface area contributed by atoms with Crippen molar-refractivity contribution in [3.63, 3.8) is 0 Å². The van der Waals surface area contributed by atoms with Gasteiger partial charge in [-0.15, -0.1) is 0 Å². The summed E-state index contributed by atoms with van der Waals surface area (Å²) < 4.78 is 33.6. The molecular weight excluding hydrogens is 338 g/mol. The van der Waals surface area contributed by atoms with Crippen LogP contribution in [0.3, 0.4) is 0 Å². The molecule has 0 saturated carbocycles. The molecule has 0 aliphatic carbocycles. The minimum absolute atomic E-state index is 0.160. The number of hydrogen-bond acceptors (Lipinski definition) is 5. The molecule has 4 rings (SSSR count). The van der Waals surface area contributed by atoms with E-state index in [0.717, 1.165) is 16.7 Å². The van der Waals surface area contributed by atoms with Crippen LogP contribution in [0.2, 0.25) is 0 Å². The van der Waals surface area contributed by atoms with Crippen LogP contribution in [0.5, 0.6) is 5.75 Å². The Hall–Kier alpha value is -2.64. The van der Waals surface area contributed by atoms with Gasteiger partial charge in [0.2, 0.25) is 0 Å². The number of hydrogen-bond donors (Lipinski definition) is 1. The lowest BCUT2D eigenvalue weighted by molar-refractivity contribution is 0.301. The van der Waals surface area contributed by atoms with E-state index < -0.39 is 10.0 Å². The maximum absolute atomic E-state index is 13.2. The van der Waals surface area contributed by atoms with Crippen LogP contribution < -0.4 is 10.1 Å². The van der Waals surface area contributed by atoms with Crippen molar-refractivity contribution in [2.75, 3.05) is 7.05 Å². The number of para-hydroxylation sites is 1. The summed E-state index contributed by atoms with van der Waals surface area (Å²) in [4.78, 5) is 4.11. The third kappa shape index (κ3) is 2.52. The quantitative estimate of drug-likeness (QED) is 0.778. The summed E-state index contributed by atoms with van der Waals surface area (Å²) in [5.41, 5.74) is 3.23. The van der Waals surface area contributed by atoms with Crippen molar-refractivity contribution < 1.29 is 13.2 Å². The minimum Gasteiger partial charge on any atom is -0.488 e. The zero-order chi connectivity index (χ0) is 17.4. The molecule has 7 heteroatoms. The van der Waals surface area contributed by atoms with Crippen molar-refractivity contribution in [2.45, 2.75) is 18.0 Å². The molecule has 0 amide bonds. The number of aromatic nitrogens is 2. The molecule has 25 heavy (non-hydrogen) atoms. The number of nitrogens with one attached hydrogen (secondary N) is 1. The van der Waals surface area contributed by atoms with E-state index in [1.807, 2.05) is 31.3 Å². The standard InChI is InChI=1S/C18H17N3O3S/c1-19-9-13-11-21(25(22,23)14-5-4-8-20-10-14)18-15-6-2-3-7-17(15)24-12-16(13)18/h2-8,10-11,19H,9,12H2,1H3. The average molecular weight is 355 g/mol.